The topological polar surface area (TPSA) is 78.0 Å². The van der Waals surface area contributed by atoms with Crippen LogP contribution in [0.25, 0.3) is 0 Å². The second-order valence-corrected chi connectivity index (χ2v) is 5.59. The average Bonchev–Trinajstić information content (AvgIpc) is 2.53. The van der Waals surface area contributed by atoms with E-state index in [1.807, 2.05) is 20.0 Å². The molecule has 6 nitrogen and oxygen atoms in total. The summed E-state index contributed by atoms with van der Waals surface area (Å²) >= 11 is 0. The van der Waals surface area contributed by atoms with Crippen molar-refractivity contribution in [2.24, 2.45) is 10.9 Å². The Balaban J connectivity index is 2.24. The summed E-state index contributed by atoms with van der Waals surface area (Å²) in [5.41, 5.74) is 7.52. The van der Waals surface area contributed by atoms with Gasteiger partial charge >= 0.3 is 0 Å². The van der Waals surface area contributed by atoms with Crippen LogP contribution in [0.4, 0.5) is 5.82 Å². The number of aromatic nitrogens is 1. The van der Waals surface area contributed by atoms with Gasteiger partial charge in [-0.05, 0) is 37.9 Å². The molecule has 2 heterocycles. The molecule has 1 aliphatic rings. The maximum Gasteiger partial charge on any atom is 0.174 e. The van der Waals surface area contributed by atoms with Crippen molar-refractivity contribution in [2.75, 3.05) is 31.6 Å². The molecule has 1 aromatic heterocycles. The Hall–Kier alpha value is -1.82. The van der Waals surface area contributed by atoms with Crippen molar-refractivity contribution in [3.05, 3.63) is 23.4 Å². The normalized spacial score (nSPS) is 18.0. The third-order valence-corrected chi connectivity index (χ3v) is 4.39. The van der Waals surface area contributed by atoms with Crippen molar-refractivity contribution in [3.8, 4) is 0 Å². The van der Waals surface area contributed by atoms with Gasteiger partial charge in [-0.15, -0.1) is 0 Å². The van der Waals surface area contributed by atoms with E-state index in [4.69, 9.17) is 10.9 Å². The molecule has 0 saturated carbocycles. The highest BCUT2D eigenvalue weighted by Crippen LogP contribution is 2.25. The maximum atomic E-state index is 9.01. The molecule has 1 saturated heterocycles. The molecule has 6 heteroatoms. The quantitative estimate of drug-likeness (QED) is 0.379. The molecular weight excluding hydrogens is 266 g/mol. The molecule has 0 aliphatic carbocycles. The van der Waals surface area contributed by atoms with Crippen LogP contribution in [0.15, 0.2) is 17.4 Å². The molecule has 0 atom stereocenters. The van der Waals surface area contributed by atoms with Crippen LogP contribution in [0.1, 0.15) is 30.9 Å². The minimum absolute atomic E-state index is 0.119. The predicted molar refractivity (Wildman–Crippen MR) is 85.0 cm³/mol. The first-order valence-electron chi connectivity index (χ1n) is 7.47. The molecule has 1 aromatic rings. The number of anilines is 1. The van der Waals surface area contributed by atoms with Gasteiger partial charge in [-0.2, -0.15) is 0 Å². The number of pyridine rings is 1. The van der Waals surface area contributed by atoms with Gasteiger partial charge in [0.05, 0.1) is 5.56 Å². The van der Waals surface area contributed by atoms with Crippen molar-refractivity contribution in [1.82, 2.24) is 9.88 Å². The van der Waals surface area contributed by atoms with E-state index in [0.717, 1.165) is 49.4 Å². The van der Waals surface area contributed by atoms with E-state index in [0.29, 0.717) is 6.04 Å². The van der Waals surface area contributed by atoms with Gasteiger partial charge in [0.1, 0.15) is 5.82 Å². The van der Waals surface area contributed by atoms with Crippen LogP contribution in [0.5, 0.6) is 0 Å². The fourth-order valence-electron chi connectivity index (χ4n) is 2.97. The Bertz CT molecular complexity index is 509. The lowest BCUT2D eigenvalue weighted by molar-refractivity contribution is 0.220. The third kappa shape index (κ3) is 3.26. The summed E-state index contributed by atoms with van der Waals surface area (Å²) in [6.45, 7) is 7.47. The van der Waals surface area contributed by atoms with E-state index < -0.39 is 0 Å². The van der Waals surface area contributed by atoms with Gasteiger partial charge in [-0.3, -0.25) is 0 Å². The van der Waals surface area contributed by atoms with Crippen LogP contribution in [-0.2, 0) is 0 Å². The first kappa shape index (κ1) is 15.6. The van der Waals surface area contributed by atoms with E-state index in [9.17, 15) is 0 Å². The number of nitrogens with zero attached hydrogens (tertiary/aromatic N) is 4. The van der Waals surface area contributed by atoms with Crippen LogP contribution in [0.3, 0.4) is 0 Å². The molecule has 0 unspecified atom stereocenters. The Labute approximate surface area is 126 Å². The number of rotatable bonds is 4. The van der Waals surface area contributed by atoms with Gasteiger partial charge in [-0.25, -0.2) is 4.98 Å². The van der Waals surface area contributed by atoms with E-state index in [-0.39, 0.29) is 5.84 Å². The standard InChI is InChI=1S/C15H25N5O/c1-4-20-9-6-12(7-10-20)19(3)15-13(14(16)18-21)11(2)5-8-17-15/h5,8,12,21H,4,6-7,9-10H2,1-3H3,(H2,16,18). The van der Waals surface area contributed by atoms with E-state index in [1.54, 1.807) is 6.20 Å². The van der Waals surface area contributed by atoms with Gasteiger partial charge in [-0.1, -0.05) is 12.1 Å². The minimum atomic E-state index is 0.119. The summed E-state index contributed by atoms with van der Waals surface area (Å²) in [5.74, 6) is 0.911. The number of nitrogens with two attached hydrogens (primary N) is 1. The van der Waals surface area contributed by atoms with Crippen LogP contribution in [0, 0.1) is 6.92 Å². The van der Waals surface area contributed by atoms with Gasteiger partial charge in [0.15, 0.2) is 5.84 Å². The van der Waals surface area contributed by atoms with Gasteiger partial charge < -0.3 is 20.7 Å². The number of hydrogen-bond donors (Lipinski definition) is 2. The Morgan fingerprint density at radius 2 is 2.19 bits per heavy atom. The zero-order valence-electron chi connectivity index (χ0n) is 13.1. The molecule has 2 rings (SSSR count). The Morgan fingerprint density at radius 3 is 2.76 bits per heavy atom. The highest BCUT2D eigenvalue weighted by Gasteiger charge is 2.25. The van der Waals surface area contributed by atoms with Gasteiger partial charge in [0.25, 0.3) is 0 Å². The number of piperidine rings is 1. The summed E-state index contributed by atoms with van der Waals surface area (Å²) in [6, 6.07) is 2.32. The molecule has 116 valence electrons. The average molecular weight is 291 g/mol. The number of oxime groups is 1. The maximum absolute atomic E-state index is 9.01. The third-order valence-electron chi connectivity index (χ3n) is 4.39. The second kappa shape index (κ2) is 6.76. The van der Waals surface area contributed by atoms with E-state index in [2.05, 4.69) is 26.9 Å². The van der Waals surface area contributed by atoms with Crippen LogP contribution in [0.2, 0.25) is 0 Å². The highest BCUT2D eigenvalue weighted by atomic mass is 16.4. The zero-order valence-corrected chi connectivity index (χ0v) is 13.1. The minimum Gasteiger partial charge on any atom is -0.409 e. The highest BCUT2D eigenvalue weighted by molar-refractivity contribution is 6.02. The first-order chi connectivity index (χ1) is 10.1. The van der Waals surface area contributed by atoms with Crippen molar-refractivity contribution >= 4 is 11.7 Å². The molecule has 0 bridgehead atoms. The summed E-state index contributed by atoms with van der Waals surface area (Å²) in [7, 11) is 2.04. The molecule has 0 spiro atoms. The lowest BCUT2D eigenvalue weighted by Crippen LogP contribution is -2.44. The van der Waals surface area contributed by atoms with E-state index >= 15 is 0 Å². The molecule has 0 aromatic carbocycles. The number of amidine groups is 1. The smallest absolute Gasteiger partial charge is 0.174 e. The first-order valence-corrected chi connectivity index (χ1v) is 7.47. The van der Waals surface area contributed by atoms with E-state index in [1.165, 1.54) is 0 Å². The van der Waals surface area contributed by atoms with Crippen molar-refractivity contribution in [1.29, 1.82) is 0 Å². The molecule has 21 heavy (non-hydrogen) atoms. The Kier molecular flexibility index (Phi) is 5.01. The molecule has 1 aliphatic heterocycles. The molecule has 0 radical (unpaired) electrons. The summed E-state index contributed by atoms with van der Waals surface area (Å²) in [4.78, 5) is 9.09. The van der Waals surface area contributed by atoms with Crippen LogP contribution in [-0.4, -0.2) is 53.7 Å². The number of aryl methyl sites for hydroxylation is 1. The van der Waals surface area contributed by atoms with Gasteiger partial charge in [0, 0.05) is 32.4 Å². The van der Waals surface area contributed by atoms with Crippen LogP contribution < -0.4 is 10.6 Å². The molecule has 0 amide bonds. The molecular formula is C15H25N5O. The monoisotopic (exact) mass is 291 g/mol. The SMILES string of the molecule is CCN1CCC(N(C)c2nccc(C)c2/C(N)=N/O)CC1. The van der Waals surface area contributed by atoms with Crippen molar-refractivity contribution in [2.45, 2.75) is 32.7 Å². The Morgan fingerprint density at radius 1 is 1.52 bits per heavy atom. The predicted octanol–water partition coefficient (Wildman–Crippen LogP) is 1.41. The number of hydrogen-bond acceptors (Lipinski definition) is 5. The fourth-order valence-corrected chi connectivity index (χ4v) is 2.97. The molecule has 3 N–H and O–H groups in total. The van der Waals surface area contributed by atoms with Crippen molar-refractivity contribution < 1.29 is 5.21 Å². The second-order valence-electron chi connectivity index (χ2n) is 5.59. The van der Waals surface area contributed by atoms with Crippen LogP contribution >= 0.6 is 0 Å². The lowest BCUT2D eigenvalue weighted by Gasteiger charge is -2.37. The summed E-state index contributed by atoms with van der Waals surface area (Å²) in [5, 5.41) is 12.2. The fraction of sp³-hybridized carbons (Fsp3) is 0.600. The van der Waals surface area contributed by atoms with Gasteiger partial charge in [0.2, 0.25) is 0 Å². The molecule has 1 fully saturated rings. The summed E-state index contributed by atoms with van der Waals surface area (Å²) < 4.78 is 0. The zero-order chi connectivity index (χ0) is 15.4. The van der Waals surface area contributed by atoms with Crippen molar-refractivity contribution in [3.63, 3.8) is 0 Å². The summed E-state index contributed by atoms with van der Waals surface area (Å²) in [6.07, 6.45) is 3.99. The number of likely N-dealkylation sites (tertiary alicyclic amines) is 1. The largest absolute Gasteiger partial charge is 0.409 e. The lowest BCUT2D eigenvalue weighted by atomic mass is 10.0.